The molecule has 0 saturated heterocycles. The van der Waals surface area contributed by atoms with Gasteiger partial charge in [0.15, 0.2) is 0 Å². The van der Waals surface area contributed by atoms with Crippen molar-refractivity contribution in [3.8, 4) is 0 Å². The minimum Gasteiger partial charge on any atom is -0.276 e. The highest BCUT2D eigenvalue weighted by Crippen LogP contribution is 1.85. The normalized spacial score (nSPS) is 11.3. The van der Waals surface area contributed by atoms with E-state index in [-0.39, 0.29) is 0 Å². The van der Waals surface area contributed by atoms with Crippen molar-refractivity contribution < 1.29 is 4.79 Å². The van der Waals surface area contributed by atoms with E-state index in [1.165, 1.54) is 6.08 Å². The van der Waals surface area contributed by atoms with Crippen molar-refractivity contribution in [3.05, 3.63) is 24.3 Å². The Balaban J connectivity index is 3.47. The molecule has 1 nitrogen and oxygen atoms in total. The van der Waals surface area contributed by atoms with Gasteiger partial charge < -0.3 is 0 Å². The van der Waals surface area contributed by atoms with Crippen molar-refractivity contribution in [2.24, 2.45) is 0 Å². The zero-order valence-corrected chi connectivity index (χ0v) is 6.06. The molecule has 0 atom stereocenters. The largest absolute Gasteiger partial charge is 0.276 e. The first-order valence-corrected chi connectivity index (χ1v) is 3.18. The Bertz CT molecular complexity index is 136. The molecule has 0 amide bonds. The van der Waals surface area contributed by atoms with Gasteiger partial charge in [-0.25, -0.2) is 0 Å². The van der Waals surface area contributed by atoms with E-state index in [1.807, 2.05) is 13.0 Å². The second kappa shape index (κ2) is 5.57. The van der Waals surface area contributed by atoms with Crippen LogP contribution in [-0.4, -0.2) is 5.24 Å². The first-order valence-electron chi connectivity index (χ1n) is 2.80. The molecule has 0 unspecified atom stereocenters. The van der Waals surface area contributed by atoms with Crippen molar-refractivity contribution in [1.29, 1.82) is 0 Å². The van der Waals surface area contributed by atoms with Gasteiger partial charge in [-0.3, -0.25) is 4.79 Å². The predicted molar refractivity (Wildman–Crippen MR) is 39.4 cm³/mol. The molecule has 0 radical (unpaired) electrons. The number of hydrogen-bond donors (Lipinski definition) is 0. The molecule has 50 valence electrons. The van der Waals surface area contributed by atoms with Crippen molar-refractivity contribution >= 4 is 16.8 Å². The zero-order chi connectivity index (χ0) is 7.11. The Morgan fingerprint density at radius 1 is 1.56 bits per heavy atom. The molecule has 0 aromatic heterocycles. The number of rotatable bonds is 3. The fourth-order valence-corrected chi connectivity index (χ4v) is 0.419. The molecular formula is C7H9ClO. The molecule has 0 aromatic rings. The lowest BCUT2D eigenvalue weighted by atomic mass is 10.4. The van der Waals surface area contributed by atoms with Crippen molar-refractivity contribution in [1.82, 2.24) is 0 Å². The zero-order valence-electron chi connectivity index (χ0n) is 5.30. The van der Waals surface area contributed by atoms with Gasteiger partial charge in [0, 0.05) is 0 Å². The topological polar surface area (TPSA) is 17.1 Å². The van der Waals surface area contributed by atoms with Crippen molar-refractivity contribution in [3.63, 3.8) is 0 Å². The van der Waals surface area contributed by atoms with Crippen LogP contribution in [0.2, 0.25) is 0 Å². The molecule has 0 aliphatic heterocycles. The Morgan fingerprint density at radius 3 is 2.67 bits per heavy atom. The maximum Gasteiger partial charge on any atom is 0.245 e. The van der Waals surface area contributed by atoms with E-state index in [0.717, 1.165) is 6.42 Å². The van der Waals surface area contributed by atoms with E-state index in [1.54, 1.807) is 12.2 Å². The third-order valence-corrected chi connectivity index (χ3v) is 0.836. The summed E-state index contributed by atoms with van der Waals surface area (Å²) < 4.78 is 0. The Morgan fingerprint density at radius 2 is 2.22 bits per heavy atom. The molecular weight excluding hydrogens is 136 g/mol. The Hall–Kier alpha value is -0.560. The molecule has 0 aliphatic rings. The molecule has 0 fully saturated rings. The maximum atomic E-state index is 10.1. The molecule has 0 N–H and O–H groups in total. The summed E-state index contributed by atoms with van der Waals surface area (Å²) in [5.74, 6) is 0. The number of allylic oxidation sites excluding steroid dienone is 4. The van der Waals surface area contributed by atoms with Crippen LogP contribution >= 0.6 is 11.6 Å². The third kappa shape index (κ3) is 7.44. The first-order chi connectivity index (χ1) is 4.27. The van der Waals surface area contributed by atoms with Crippen molar-refractivity contribution in [2.75, 3.05) is 0 Å². The van der Waals surface area contributed by atoms with Crippen LogP contribution in [0.4, 0.5) is 0 Å². The second-order valence-electron chi connectivity index (χ2n) is 1.50. The van der Waals surface area contributed by atoms with E-state index < -0.39 is 5.24 Å². The average Bonchev–Trinajstić information content (AvgIpc) is 1.80. The van der Waals surface area contributed by atoms with E-state index in [0.29, 0.717) is 0 Å². The fourth-order valence-electron chi connectivity index (χ4n) is 0.346. The minimum absolute atomic E-state index is 0.434. The SMILES string of the molecule is CC/C=C/C=C/C(=O)Cl. The Kier molecular flexibility index (Phi) is 5.23. The summed E-state index contributed by atoms with van der Waals surface area (Å²) >= 11 is 5.00. The van der Waals surface area contributed by atoms with Crippen molar-refractivity contribution in [2.45, 2.75) is 13.3 Å². The van der Waals surface area contributed by atoms with Gasteiger partial charge in [-0.15, -0.1) is 0 Å². The van der Waals surface area contributed by atoms with Crippen LogP contribution in [-0.2, 0) is 4.79 Å². The second-order valence-corrected chi connectivity index (χ2v) is 1.87. The van der Waals surface area contributed by atoms with Gasteiger partial charge in [-0.1, -0.05) is 25.2 Å². The van der Waals surface area contributed by atoms with Gasteiger partial charge in [-0.2, -0.15) is 0 Å². The summed E-state index contributed by atoms with van der Waals surface area (Å²) in [6, 6.07) is 0. The number of hydrogen-bond acceptors (Lipinski definition) is 1. The monoisotopic (exact) mass is 144 g/mol. The highest BCUT2D eigenvalue weighted by Gasteiger charge is 1.79. The molecule has 0 aromatic carbocycles. The van der Waals surface area contributed by atoms with Crippen LogP contribution in [0.1, 0.15) is 13.3 Å². The molecule has 0 bridgehead atoms. The predicted octanol–water partition coefficient (Wildman–Crippen LogP) is 2.27. The van der Waals surface area contributed by atoms with E-state index >= 15 is 0 Å². The summed E-state index contributed by atoms with van der Waals surface area (Å²) in [4.78, 5) is 10.1. The number of halogens is 1. The quantitative estimate of drug-likeness (QED) is 0.338. The molecule has 0 saturated carbocycles. The molecule has 0 spiro atoms. The average molecular weight is 145 g/mol. The molecule has 0 rings (SSSR count). The van der Waals surface area contributed by atoms with E-state index in [4.69, 9.17) is 11.6 Å². The first kappa shape index (κ1) is 8.44. The van der Waals surface area contributed by atoms with Crippen LogP contribution in [0.15, 0.2) is 24.3 Å². The maximum absolute atomic E-state index is 10.1. The van der Waals surface area contributed by atoms with Gasteiger partial charge in [-0.05, 0) is 24.1 Å². The third-order valence-electron chi connectivity index (χ3n) is 0.710. The number of carbonyl (C=O) groups excluding carboxylic acids is 1. The molecule has 2 heteroatoms. The van der Waals surface area contributed by atoms with Gasteiger partial charge in [0.25, 0.3) is 0 Å². The summed E-state index contributed by atoms with van der Waals surface area (Å²) in [6.45, 7) is 2.02. The van der Waals surface area contributed by atoms with Crippen LogP contribution in [0, 0.1) is 0 Å². The van der Waals surface area contributed by atoms with Crippen LogP contribution in [0.3, 0.4) is 0 Å². The van der Waals surface area contributed by atoms with Gasteiger partial charge in [0.2, 0.25) is 5.24 Å². The molecule has 0 heterocycles. The summed E-state index contributed by atoms with van der Waals surface area (Å²) in [5, 5.41) is -0.434. The van der Waals surface area contributed by atoms with Crippen LogP contribution in [0.5, 0.6) is 0 Å². The highest BCUT2D eigenvalue weighted by atomic mass is 35.5. The highest BCUT2D eigenvalue weighted by molar-refractivity contribution is 6.66. The molecule has 9 heavy (non-hydrogen) atoms. The minimum atomic E-state index is -0.434. The van der Waals surface area contributed by atoms with E-state index in [9.17, 15) is 4.79 Å². The summed E-state index contributed by atoms with van der Waals surface area (Å²) in [7, 11) is 0. The lowest BCUT2D eigenvalue weighted by molar-refractivity contribution is -0.107. The summed E-state index contributed by atoms with van der Waals surface area (Å²) in [5.41, 5.74) is 0. The van der Waals surface area contributed by atoms with Gasteiger partial charge in [0.1, 0.15) is 0 Å². The lowest BCUT2D eigenvalue weighted by Gasteiger charge is -1.73. The standard InChI is InChI=1S/C7H9ClO/c1-2-3-4-5-6-7(8)9/h3-6H,2H2,1H3/b4-3+,6-5+. The van der Waals surface area contributed by atoms with Crippen LogP contribution < -0.4 is 0 Å². The van der Waals surface area contributed by atoms with Gasteiger partial charge >= 0.3 is 0 Å². The van der Waals surface area contributed by atoms with E-state index in [2.05, 4.69) is 0 Å². The summed E-state index contributed by atoms with van der Waals surface area (Å²) in [6.07, 6.45) is 7.64. The fraction of sp³-hybridized carbons (Fsp3) is 0.286. The smallest absolute Gasteiger partial charge is 0.245 e. The van der Waals surface area contributed by atoms with Gasteiger partial charge in [0.05, 0.1) is 0 Å². The Labute approximate surface area is 60.0 Å². The number of carbonyl (C=O) groups is 1. The van der Waals surface area contributed by atoms with Crippen LogP contribution in [0.25, 0.3) is 0 Å². The molecule has 0 aliphatic carbocycles. The lowest BCUT2D eigenvalue weighted by Crippen LogP contribution is -1.71.